The third-order valence-corrected chi connectivity index (χ3v) is 4.02. The average Bonchev–Trinajstić information content (AvgIpc) is 2.39. The Bertz CT molecular complexity index is 611. The van der Waals surface area contributed by atoms with E-state index in [1.165, 1.54) is 5.56 Å². The monoisotopic (exact) mass is 317 g/mol. The lowest BCUT2D eigenvalue weighted by Crippen LogP contribution is -2.24. The van der Waals surface area contributed by atoms with E-state index >= 15 is 0 Å². The van der Waals surface area contributed by atoms with Gasteiger partial charge in [-0.15, -0.1) is 0 Å². The van der Waals surface area contributed by atoms with E-state index in [1.807, 2.05) is 18.2 Å². The Kier molecular flexibility index (Phi) is 3.33. The summed E-state index contributed by atoms with van der Waals surface area (Å²) in [5.74, 6) is 0.911. The number of hydrogen-bond acceptors (Lipinski definition) is 2. The molecule has 0 bridgehead atoms. The van der Waals surface area contributed by atoms with Crippen molar-refractivity contribution in [3.8, 4) is 5.75 Å². The summed E-state index contributed by atoms with van der Waals surface area (Å²) in [6, 6.07) is 14.5. The Labute approximate surface area is 121 Å². The van der Waals surface area contributed by atoms with Crippen LogP contribution in [0.15, 0.2) is 46.9 Å². The molecular formula is C16H16BrNO. The lowest BCUT2D eigenvalue weighted by atomic mass is 9.93. The summed E-state index contributed by atoms with van der Waals surface area (Å²) in [7, 11) is 0. The molecule has 0 saturated carbocycles. The van der Waals surface area contributed by atoms with Gasteiger partial charge >= 0.3 is 0 Å². The van der Waals surface area contributed by atoms with Crippen molar-refractivity contribution in [2.75, 3.05) is 0 Å². The lowest BCUT2D eigenvalue weighted by Gasteiger charge is -2.31. The number of halogens is 1. The summed E-state index contributed by atoms with van der Waals surface area (Å²) < 4.78 is 7.16. The van der Waals surface area contributed by atoms with Crippen molar-refractivity contribution in [3.05, 3.63) is 63.6 Å². The van der Waals surface area contributed by atoms with E-state index in [-0.39, 0.29) is 12.1 Å². The zero-order valence-electron chi connectivity index (χ0n) is 10.8. The second-order valence-electron chi connectivity index (χ2n) is 5.04. The van der Waals surface area contributed by atoms with Crippen molar-refractivity contribution in [2.24, 2.45) is 5.73 Å². The second-order valence-corrected chi connectivity index (χ2v) is 5.96. The normalized spacial score (nSPS) is 21.6. The molecule has 98 valence electrons. The van der Waals surface area contributed by atoms with Crippen LogP contribution in [0, 0.1) is 6.92 Å². The number of hydrogen-bond donors (Lipinski definition) is 1. The molecule has 1 unspecified atom stereocenters. The highest BCUT2D eigenvalue weighted by atomic mass is 79.9. The molecule has 2 aromatic rings. The molecule has 1 aliphatic heterocycles. The van der Waals surface area contributed by atoms with Gasteiger partial charge in [0.2, 0.25) is 0 Å². The molecule has 2 N–H and O–H groups in total. The van der Waals surface area contributed by atoms with Crippen LogP contribution in [0.3, 0.4) is 0 Å². The van der Waals surface area contributed by atoms with Crippen LogP contribution < -0.4 is 10.5 Å². The zero-order valence-corrected chi connectivity index (χ0v) is 12.4. The first kappa shape index (κ1) is 12.7. The standard InChI is InChI=1S/C16H16BrNO/c1-10-5-6-15-13(7-10)14(18)9-16(19-15)11-3-2-4-12(17)8-11/h2-8,14,16H,9,18H2,1H3/t14-,16?/m0/s1. The summed E-state index contributed by atoms with van der Waals surface area (Å²) in [6.07, 6.45) is 0.843. The number of ether oxygens (including phenoxy) is 1. The molecule has 0 fully saturated rings. The molecule has 19 heavy (non-hydrogen) atoms. The number of fused-ring (bicyclic) bond motifs is 1. The van der Waals surface area contributed by atoms with E-state index in [1.54, 1.807) is 0 Å². The lowest BCUT2D eigenvalue weighted by molar-refractivity contribution is 0.161. The number of benzene rings is 2. The predicted octanol–water partition coefficient (Wildman–Crippen LogP) is 4.28. The molecule has 1 heterocycles. The third-order valence-electron chi connectivity index (χ3n) is 3.52. The van der Waals surface area contributed by atoms with Gasteiger partial charge < -0.3 is 10.5 Å². The van der Waals surface area contributed by atoms with Gasteiger partial charge in [-0.05, 0) is 30.7 Å². The minimum atomic E-state index is 0.0303. The summed E-state index contributed by atoms with van der Waals surface area (Å²) >= 11 is 3.50. The summed E-state index contributed by atoms with van der Waals surface area (Å²) in [4.78, 5) is 0. The fraction of sp³-hybridized carbons (Fsp3) is 0.250. The number of rotatable bonds is 1. The molecule has 1 aliphatic rings. The predicted molar refractivity (Wildman–Crippen MR) is 80.2 cm³/mol. The SMILES string of the molecule is Cc1ccc2c(c1)[C@@H](N)CC(c1cccc(Br)c1)O2. The fourth-order valence-electron chi connectivity index (χ4n) is 2.53. The van der Waals surface area contributed by atoms with Crippen LogP contribution in [0.4, 0.5) is 0 Å². The van der Waals surface area contributed by atoms with Gasteiger partial charge in [0.05, 0.1) is 0 Å². The van der Waals surface area contributed by atoms with Crippen LogP contribution in [-0.4, -0.2) is 0 Å². The van der Waals surface area contributed by atoms with E-state index in [2.05, 4.69) is 47.1 Å². The first-order chi connectivity index (χ1) is 9.13. The minimum absolute atomic E-state index is 0.0303. The maximum atomic E-state index is 6.29. The van der Waals surface area contributed by atoms with Crippen molar-refractivity contribution >= 4 is 15.9 Å². The topological polar surface area (TPSA) is 35.2 Å². The Morgan fingerprint density at radius 2 is 2.05 bits per heavy atom. The first-order valence-corrected chi connectivity index (χ1v) is 7.21. The summed E-state index contributed by atoms with van der Waals surface area (Å²) in [5.41, 5.74) is 9.79. The molecule has 2 atom stereocenters. The van der Waals surface area contributed by atoms with Crippen LogP contribution in [0.1, 0.15) is 35.3 Å². The van der Waals surface area contributed by atoms with E-state index in [4.69, 9.17) is 10.5 Å². The van der Waals surface area contributed by atoms with Crippen LogP contribution in [0.25, 0.3) is 0 Å². The Morgan fingerprint density at radius 3 is 2.84 bits per heavy atom. The van der Waals surface area contributed by atoms with Gasteiger partial charge in [0, 0.05) is 22.5 Å². The molecular weight excluding hydrogens is 302 g/mol. The molecule has 0 saturated heterocycles. The van der Waals surface area contributed by atoms with Gasteiger partial charge in [-0.25, -0.2) is 0 Å². The molecule has 0 aliphatic carbocycles. The Hall–Kier alpha value is -1.32. The van der Waals surface area contributed by atoms with E-state index in [0.717, 1.165) is 27.8 Å². The van der Waals surface area contributed by atoms with Gasteiger partial charge in [0.15, 0.2) is 0 Å². The Balaban J connectivity index is 1.95. The third kappa shape index (κ3) is 2.53. The fourth-order valence-corrected chi connectivity index (χ4v) is 2.95. The highest BCUT2D eigenvalue weighted by Crippen LogP contribution is 2.40. The minimum Gasteiger partial charge on any atom is -0.485 e. The zero-order chi connectivity index (χ0) is 13.4. The highest BCUT2D eigenvalue weighted by Gasteiger charge is 2.27. The van der Waals surface area contributed by atoms with Gasteiger partial charge in [0.1, 0.15) is 11.9 Å². The molecule has 0 aromatic heterocycles. The number of aryl methyl sites for hydroxylation is 1. The van der Waals surface area contributed by atoms with Crippen molar-refractivity contribution in [1.82, 2.24) is 0 Å². The molecule has 0 spiro atoms. The molecule has 3 rings (SSSR count). The number of nitrogens with two attached hydrogens (primary N) is 1. The maximum absolute atomic E-state index is 6.29. The van der Waals surface area contributed by atoms with Gasteiger partial charge in [-0.3, -0.25) is 0 Å². The smallest absolute Gasteiger partial charge is 0.126 e. The van der Waals surface area contributed by atoms with E-state index < -0.39 is 0 Å². The molecule has 3 heteroatoms. The van der Waals surface area contributed by atoms with Crippen molar-refractivity contribution in [2.45, 2.75) is 25.5 Å². The molecule has 0 amide bonds. The van der Waals surface area contributed by atoms with Gasteiger partial charge in [-0.2, -0.15) is 0 Å². The Morgan fingerprint density at radius 1 is 1.21 bits per heavy atom. The first-order valence-electron chi connectivity index (χ1n) is 6.42. The highest BCUT2D eigenvalue weighted by molar-refractivity contribution is 9.10. The largest absolute Gasteiger partial charge is 0.485 e. The van der Waals surface area contributed by atoms with E-state index in [0.29, 0.717) is 0 Å². The molecule has 0 radical (unpaired) electrons. The van der Waals surface area contributed by atoms with Crippen molar-refractivity contribution in [1.29, 1.82) is 0 Å². The second kappa shape index (κ2) is 4.99. The van der Waals surface area contributed by atoms with Gasteiger partial charge in [-0.1, -0.05) is 45.8 Å². The maximum Gasteiger partial charge on any atom is 0.126 e. The van der Waals surface area contributed by atoms with Crippen LogP contribution >= 0.6 is 15.9 Å². The molecule has 2 nitrogen and oxygen atoms in total. The quantitative estimate of drug-likeness (QED) is 0.852. The summed E-state index contributed by atoms with van der Waals surface area (Å²) in [5, 5.41) is 0. The van der Waals surface area contributed by atoms with Crippen molar-refractivity contribution in [3.63, 3.8) is 0 Å². The van der Waals surface area contributed by atoms with Crippen LogP contribution in [0.5, 0.6) is 5.75 Å². The van der Waals surface area contributed by atoms with E-state index in [9.17, 15) is 0 Å². The summed E-state index contributed by atoms with van der Waals surface area (Å²) in [6.45, 7) is 2.08. The average molecular weight is 318 g/mol. The molecule has 2 aromatic carbocycles. The van der Waals surface area contributed by atoms with Crippen LogP contribution in [-0.2, 0) is 0 Å². The van der Waals surface area contributed by atoms with Gasteiger partial charge in [0.25, 0.3) is 0 Å². The van der Waals surface area contributed by atoms with Crippen molar-refractivity contribution < 1.29 is 4.74 Å². The van der Waals surface area contributed by atoms with Crippen LogP contribution in [0.2, 0.25) is 0 Å².